The molecule has 1 aromatic rings. The van der Waals surface area contributed by atoms with Gasteiger partial charge in [0.05, 0.1) is 6.61 Å². The maximum Gasteiger partial charge on any atom is 0.232 e. The number of halogens is 1. The predicted molar refractivity (Wildman–Crippen MR) is 65.5 cm³/mol. The fourth-order valence-corrected chi connectivity index (χ4v) is 3.87. The summed E-state index contributed by atoms with van der Waals surface area (Å²) in [5, 5.41) is 0.789. The molecule has 0 heterocycles. The Kier molecular flexibility index (Phi) is 5.38. The minimum absolute atomic E-state index is 0.467. The normalized spacial score (nSPS) is 14.8. The van der Waals surface area contributed by atoms with Gasteiger partial charge in [-0.2, -0.15) is 0 Å². The minimum Gasteiger partial charge on any atom is -0.326 e. The van der Waals surface area contributed by atoms with Crippen LogP contribution in [0, 0.1) is 0 Å². The summed E-state index contributed by atoms with van der Waals surface area (Å²) in [7, 11) is -2.67. The van der Waals surface area contributed by atoms with Crippen molar-refractivity contribution in [3.8, 4) is 0 Å². The Morgan fingerprint density at radius 2 is 2.00 bits per heavy atom. The quantitative estimate of drug-likeness (QED) is 0.569. The first-order valence-corrected chi connectivity index (χ1v) is 7.42. The summed E-state index contributed by atoms with van der Waals surface area (Å²) in [6, 6.07) is 9.36. The van der Waals surface area contributed by atoms with Crippen LogP contribution in [0.2, 0.25) is 0 Å². The monoisotopic (exact) mass is 246 g/mol. The van der Waals surface area contributed by atoms with Gasteiger partial charge in [-0.1, -0.05) is 18.2 Å². The van der Waals surface area contributed by atoms with Crippen molar-refractivity contribution in [2.75, 3.05) is 18.6 Å². The van der Waals surface area contributed by atoms with Crippen LogP contribution in [0.3, 0.4) is 0 Å². The van der Waals surface area contributed by atoms with Crippen LogP contribution in [0.25, 0.3) is 0 Å². The van der Waals surface area contributed by atoms with Crippen molar-refractivity contribution in [3.63, 3.8) is 0 Å². The molecule has 0 saturated carbocycles. The Hall–Kier alpha value is -0.300. The molecule has 2 nitrogen and oxygen atoms in total. The predicted octanol–water partition coefficient (Wildman–Crippen LogP) is 3.26. The molecule has 0 N–H and O–H groups in total. The largest absolute Gasteiger partial charge is 0.326 e. The van der Waals surface area contributed by atoms with Gasteiger partial charge in [-0.25, -0.2) is 0 Å². The van der Waals surface area contributed by atoms with Crippen LogP contribution in [-0.2, 0) is 9.09 Å². The van der Waals surface area contributed by atoms with Crippen molar-refractivity contribution in [1.29, 1.82) is 0 Å². The summed E-state index contributed by atoms with van der Waals surface area (Å²) in [6.45, 7) is 2.32. The van der Waals surface area contributed by atoms with Gasteiger partial charge in [-0.3, -0.25) is 4.57 Å². The molecule has 0 bridgehead atoms. The molecule has 15 heavy (non-hydrogen) atoms. The van der Waals surface area contributed by atoms with E-state index in [4.69, 9.17) is 16.1 Å². The first kappa shape index (κ1) is 12.8. The van der Waals surface area contributed by atoms with E-state index in [1.165, 1.54) is 0 Å². The van der Waals surface area contributed by atoms with Gasteiger partial charge < -0.3 is 4.52 Å². The zero-order chi connectivity index (χ0) is 11.1. The van der Waals surface area contributed by atoms with Gasteiger partial charge in [0.15, 0.2) is 0 Å². The summed E-state index contributed by atoms with van der Waals surface area (Å²) >= 11 is 5.62. The highest BCUT2D eigenvalue weighted by Crippen LogP contribution is 2.46. The molecule has 0 fully saturated rings. The van der Waals surface area contributed by atoms with E-state index in [-0.39, 0.29) is 0 Å². The second-order valence-corrected chi connectivity index (χ2v) is 6.14. The number of alkyl halides is 1. The summed E-state index contributed by atoms with van der Waals surface area (Å²) in [4.78, 5) is 0. The van der Waals surface area contributed by atoms with Crippen LogP contribution < -0.4 is 5.30 Å². The van der Waals surface area contributed by atoms with Crippen molar-refractivity contribution in [2.24, 2.45) is 0 Å². The molecule has 1 atom stereocenters. The molecule has 0 aliphatic rings. The van der Waals surface area contributed by atoms with E-state index >= 15 is 0 Å². The van der Waals surface area contributed by atoms with E-state index in [9.17, 15) is 4.57 Å². The van der Waals surface area contributed by atoms with Gasteiger partial charge in [-0.05, 0) is 25.5 Å². The summed E-state index contributed by atoms with van der Waals surface area (Å²) < 4.78 is 17.9. The standard InChI is InChI=1S/C11H16ClO2P/c1-2-14-15(13,10-6-9-12)11-7-4-3-5-8-11/h3-5,7-8H,2,6,9-10H2,1H3. The van der Waals surface area contributed by atoms with Crippen LogP contribution in [0.15, 0.2) is 30.3 Å². The highest BCUT2D eigenvalue weighted by atomic mass is 35.5. The Morgan fingerprint density at radius 1 is 1.33 bits per heavy atom. The lowest BCUT2D eigenvalue weighted by Crippen LogP contribution is -2.10. The van der Waals surface area contributed by atoms with E-state index in [1.807, 2.05) is 37.3 Å². The highest BCUT2D eigenvalue weighted by Gasteiger charge is 2.24. The highest BCUT2D eigenvalue weighted by molar-refractivity contribution is 7.67. The zero-order valence-corrected chi connectivity index (χ0v) is 10.5. The van der Waals surface area contributed by atoms with Crippen molar-refractivity contribution in [1.82, 2.24) is 0 Å². The SMILES string of the molecule is CCOP(=O)(CCCCl)c1ccccc1. The van der Waals surface area contributed by atoms with Gasteiger partial charge >= 0.3 is 0 Å². The molecule has 4 heteroatoms. The minimum atomic E-state index is -2.67. The third kappa shape index (κ3) is 3.64. The van der Waals surface area contributed by atoms with Gasteiger partial charge in [0, 0.05) is 17.3 Å². The second-order valence-electron chi connectivity index (χ2n) is 3.19. The summed E-state index contributed by atoms with van der Waals surface area (Å²) in [5.41, 5.74) is 0. The summed E-state index contributed by atoms with van der Waals surface area (Å²) in [5.74, 6) is 0.518. The third-order valence-electron chi connectivity index (χ3n) is 2.07. The second kappa shape index (κ2) is 6.32. The Morgan fingerprint density at radius 3 is 2.53 bits per heavy atom. The molecule has 0 aliphatic carbocycles. The smallest absolute Gasteiger partial charge is 0.232 e. The molecule has 0 saturated heterocycles. The molecule has 0 amide bonds. The fourth-order valence-electron chi connectivity index (χ4n) is 1.40. The zero-order valence-electron chi connectivity index (χ0n) is 8.86. The average molecular weight is 247 g/mol. The average Bonchev–Trinajstić information content (AvgIpc) is 2.28. The molecular weight excluding hydrogens is 231 g/mol. The van der Waals surface area contributed by atoms with Crippen molar-refractivity contribution < 1.29 is 9.09 Å². The fraction of sp³-hybridized carbons (Fsp3) is 0.455. The first-order valence-electron chi connectivity index (χ1n) is 5.08. The Balaban J connectivity index is 2.86. The molecule has 0 spiro atoms. The first-order chi connectivity index (χ1) is 7.23. The maximum atomic E-state index is 12.5. The molecule has 0 aromatic heterocycles. The number of hydrogen-bond donors (Lipinski definition) is 0. The van der Waals surface area contributed by atoms with Crippen LogP contribution in [0.4, 0.5) is 0 Å². The van der Waals surface area contributed by atoms with E-state index < -0.39 is 7.37 Å². The lowest BCUT2D eigenvalue weighted by atomic mass is 10.4. The molecular formula is C11H16ClO2P. The van der Waals surface area contributed by atoms with E-state index in [1.54, 1.807) is 0 Å². The molecule has 1 unspecified atom stereocenters. The molecule has 0 radical (unpaired) electrons. The summed E-state index contributed by atoms with van der Waals surface area (Å²) in [6.07, 6.45) is 1.24. The van der Waals surface area contributed by atoms with Crippen LogP contribution in [0.5, 0.6) is 0 Å². The maximum absolute atomic E-state index is 12.5. The molecule has 1 rings (SSSR count). The third-order valence-corrected chi connectivity index (χ3v) is 5.01. The topological polar surface area (TPSA) is 26.3 Å². The molecule has 84 valence electrons. The Bertz CT molecular complexity index is 327. The number of rotatable bonds is 6. The van der Waals surface area contributed by atoms with Crippen LogP contribution >= 0.6 is 19.0 Å². The lowest BCUT2D eigenvalue weighted by molar-refractivity contribution is 0.340. The number of hydrogen-bond acceptors (Lipinski definition) is 2. The van der Waals surface area contributed by atoms with Crippen molar-refractivity contribution in [2.45, 2.75) is 13.3 Å². The van der Waals surface area contributed by atoms with Gasteiger partial charge in [0.25, 0.3) is 0 Å². The van der Waals surface area contributed by atoms with Crippen LogP contribution in [0.1, 0.15) is 13.3 Å². The van der Waals surface area contributed by atoms with Crippen molar-refractivity contribution >= 4 is 24.3 Å². The molecule has 1 aromatic carbocycles. The van der Waals surface area contributed by atoms with E-state index in [0.717, 1.165) is 5.30 Å². The van der Waals surface area contributed by atoms with E-state index in [2.05, 4.69) is 0 Å². The van der Waals surface area contributed by atoms with Gasteiger partial charge in [0.2, 0.25) is 7.37 Å². The molecule has 0 aliphatic heterocycles. The number of benzene rings is 1. The van der Waals surface area contributed by atoms with Gasteiger partial charge in [0.1, 0.15) is 0 Å². The van der Waals surface area contributed by atoms with Crippen LogP contribution in [-0.4, -0.2) is 18.6 Å². The Labute approximate surface area is 96.0 Å². The van der Waals surface area contributed by atoms with Crippen molar-refractivity contribution in [3.05, 3.63) is 30.3 Å². The van der Waals surface area contributed by atoms with E-state index in [0.29, 0.717) is 25.1 Å². The lowest BCUT2D eigenvalue weighted by Gasteiger charge is -2.17. The van der Waals surface area contributed by atoms with Gasteiger partial charge in [-0.15, -0.1) is 11.6 Å².